The number of carbonyl (C=O) groups excluding carboxylic acids is 3. The minimum absolute atomic E-state index is 0.0177. The van der Waals surface area contributed by atoms with E-state index in [1.165, 1.54) is 0 Å². The van der Waals surface area contributed by atoms with Gasteiger partial charge in [0.05, 0.1) is 11.1 Å². The number of nitrogens with one attached hydrogen (secondary N) is 1. The van der Waals surface area contributed by atoms with Gasteiger partial charge in [0.15, 0.2) is 0 Å². The summed E-state index contributed by atoms with van der Waals surface area (Å²) < 4.78 is 38.9. The predicted molar refractivity (Wildman–Crippen MR) is 74.4 cm³/mol. The van der Waals surface area contributed by atoms with Gasteiger partial charge in [0, 0.05) is 18.5 Å². The molecule has 1 saturated heterocycles. The highest BCUT2D eigenvalue weighted by Crippen LogP contribution is 2.36. The van der Waals surface area contributed by atoms with E-state index < -0.39 is 52.6 Å². The molecule has 1 fully saturated rings. The lowest BCUT2D eigenvalue weighted by Gasteiger charge is -2.29. The Balaban J connectivity index is 2.03. The third-order valence-corrected chi connectivity index (χ3v) is 4.21. The minimum atomic E-state index is -4.82. The fourth-order valence-corrected chi connectivity index (χ4v) is 3.02. The Kier molecular flexibility index (Phi) is 3.77. The van der Waals surface area contributed by atoms with Crippen molar-refractivity contribution in [3.8, 4) is 0 Å². The summed E-state index contributed by atoms with van der Waals surface area (Å²) in [6.07, 6.45) is -4.81. The molecule has 0 aromatic heterocycles. The van der Waals surface area contributed by atoms with Gasteiger partial charge in [0.2, 0.25) is 11.8 Å². The van der Waals surface area contributed by atoms with Gasteiger partial charge < -0.3 is 10.0 Å². The second-order valence-corrected chi connectivity index (χ2v) is 5.75. The normalized spacial score (nSPS) is 20.5. The van der Waals surface area contributed by atoms with Crippen LogP contribution in [0.5, 0.6) is 0 Å². The summed E-state index contributed by atoms with van der Waals surface area (Å²) in [5.41, 5.74) is -2.35. The molecule has 2 aliphatic heterocycles. The third-order valence-electron chi connectivity index (χ3n) is 4.21. The lowest BCUT2D eigenvalue weighted by molar-refractivity contribution is -0.138. The van der Waals surface area contributed by atoms with Crippen molar-refractivity contribution >= 4 is 23.7 Å². The molecule has 1 unspecified atom stereocenters. The number of hydrogen-bond acceptors (Lipinski definition) is 4. The first-order valence-electron chi connectivity index (χ1n) is 7.21. The number of benzene rings is 1. The van der Waals surface area contributed by atoms with Crippen molar-refractivity contribution in [2.75, 3.05) is 0 Å². The first-order chi connectivity index (χ1) is 11.6. The molecule has 25 heavy (non-hydrogen) atoms. The van der Waals surface area contributed by atoms with Gasteiger partial charge in [-0.25, -0.2) is 4.79 Å². The van der Waals surface area contributed by atoms with Crippen molar-refractivity contribution in [2.24, 2.45) is 0 Å². The number of carboxylic acid groups (broad SMARTS) is 1. The Morgan fingerprint density at radius 3 is 2.48 bits per heavy atom. The van der Waals surface area contributed by atoms with Crippen LogP contribution in [0.1, 0.15) is 44.7 Å². The smallest absolute Gasteiger partial charge is 0.416 e. The summed E-state index contributed by atoms with van der Waals surface area (Å²) in [7, 11) is 0. The van der Waals surface area contributed by atoms with Crippen LogP contribution >= 0.6 is 0 Å². The Bertz CT molecular complexity index is 818. The third kappa shape index (κ3) is 2.83. The largest absolute Gasteiger partial charge is 0.478 e. The molecule has 7 nitrogen and oxygen atoms in total. The molecule has 2 heterocycles. The standard InChI is InChI=1S/C15H11F3N2O5/c16-15(17,18)6-3-7-9(8(4-6)14(24)25)5-20(13(7)23)10-1-2-11(21)19-12(10)22/h3-4,10H,1-2,5H2,(H,24,25)(H,19,21,22). The zero-order valence-electron chi connectivity index (χ0n) is 12.5. The van der Waals surface area contributed by atoms with Crippen LogP contribution in [0, 0.1) is 0 Å². The zero-order valence-corrected chi connectivity index (χ0v) is 12.5. The molecule has 132 valence electrons. The van der Waals surface area contributed by atoms with Crippen LogP contribution in [0.3, 0.4) is 0 Å². The second-order valence-electron chi connectivity index (χ2n) is 5.75. The molecular formula is C15H11F3N2O5. The van der Waals surface area contributed by atoms with Gasteiger partial charge in [-0.1, -0.05) is 0 Å². The predicted octanol–water partition coefficient (Wildman–Crippen LogP) is 1.16. The Morgan fingerprint density at radius 2 is 1.92 bits per heavy atom. The highest BCUT2D eigenvalue weighted by molar-refractivity contribution is 6.07. The van der Waals surface area contributed by atoms with Gasteiger partial charge in [-0.05, 0) is 24.1 Å². The van der Waals surface area contributed by atoms with E-state index in [0.29, 0.717) is 12.1 Å². The fourth-order valence-electron chi connectivity index (χ4n) is 3.02. The van der Waals surface area contributed by atoms with Crippen molar-refractivity contribution < 1.29 is 37.5 Å². The van der Waals surface area contributed by atoms with E-state index in [1.54, 1.807) is 0 Å². The number of amides is 3. The van der Waals surface area contributed by atoms with Gasteiger partial charge in [-0.2, -0.15) is 13.2 Å². The molecule has 1 atom stereocenters. The van der Waals surface area contributed by atoms with Crippen LogP contribution in [0.2, 0.25) is 0 Å². The van der Waals surface area contributed by atoms with Gasteiger partial charge in [-0.15, -0.1) is 0 Å². The molecule has 2 aliphatic rings. The highest BCUT2D eigenvalue weighted by atomic mass is 19.4. The number of fused-ring (bicyclic) bond motifs is 1. The molecule has 0 bridgehead atoms. The van der Waals surface area contributed by atoms with E-state index >= 15 is 0 Å². The van der Waals surface area contributed by atoms with Crippen molar-refractivity contribution in [3.63, 3.8) is 0 Å². The number of aromatic carboxylic acids is 1. The maximum Gasteiger partial charge on any atom is 0.416 e. The van der Waals surface area contributed by atoms with Crippen LogP contribution in [-0.4, -0.2) is 39.7 Å². The summed E-state index contributed by atoms with van der Waals surface area (Å²) in [6.45, 7) is -0.305. The summed E-state index contributed by atoms with van der Waals surface area (Å²) in [4.78, 5) is 47.9. The van der Waals surface area contributed by atoms with Crippen molar-refractivity contribution in [2.45, 2.75) is 31.6 Å². The number of halogens is 3. The summed E-state index contributed by atoms with van der Waals surface area (Å²) >= 11 is 0. The van der Waals surface area contributed by atoms with E-state index in [1.807, 2.05) is 0 Å². The average Bonchev–Trinajstić information content (AvgIpc) is 2.82. The van der Waals surface area contributed by atoms with Crippen LogP contribution in [0.25, 0.3) is 0 Å². The van der Waals surface area contributed by atoms with Crippen molar-refractivity contribution in [1.29, 1.82) is 0 Å². The fraction of sp³-hybridized carbons (Fsp3) is 0.333. The van der Waals surface area contributed by atoms with E-state index in [9.17, 15) is 37.5 Å². The monoisotopic (exact) mass is 356 g/mol. The topological polar surface area (TPSA) is 104 Å². The van der Waals surface area contributed by atoms with Gasteiger partial charge in [-0.3, -0.25) is 19.7 Å². The van der Waals surface area contributed by atoms with Crippen molar-refractivity contribution in [1.82, 2.24) is 10.2 Å². The Hall–Kier alpha value is -2.91. The highest BCUT2D eigenvalue weighted by Gasteiger charge is 2.42. The molecule has 3 amide bonds. The van der Waals surface area contributed by atoms with Gasteiger partial charge >= 0.3 is 12.1 Å². The molecule has 0 saturated carbocycles. The lowest BCUT2D eigenvalue weighted by atomic mass is 9.99. The van der Waals surface area contributed by atoms with Gasteiger partial charge in [0.25, 0.3) is 5.91 Å². The number of nitrogens with zero attached hydrogens (tertiary/aromatic N) is 1. The summed E-state index contributed by atoms with van der Waals surface area (Å²) in [5, 5.41) is 11.2. The average molecular weight is 356 g/mol. The quantitative estimate of drug-likeness (QED) is 0.774. The maximum absolute atomic E-state index is 13.0. The van der Waals surface area contributed by atoms with Crippen LogP contribution in [-0.2, 0) is 22.3 Å². The number of carbonyl (C=O) groups is 4. The molecule has 1 aromatic rings. The number of imide groups is 1. The SMILES string of the molecule is O=C1CCC(N2Cc3c(C(=O)O)cc(C(F)(F)F)cc3C2=O)C(=O)N1. The minimum Gasteiger partial charge on any atom is -0.478 e. The van der Waals surface area contributed by atoms with E-state index in [-0.39, 0.29) is 24.9 Å². The number of hydrogen-bond donors (Lipinski definition) is 2. The molecule has 0 radical (unpaired) electrons. The molecule has 10 heteroatoms. The maximum atomic E-state index is 13.0. The summed E-state index contributed by atoms with van der Waals surface area (Å²) in [6, 6.07) is 0.0341. The molecule has 0 aliphatic carbocycles. The Labute approximate surface area is 138 Å². The molecule has 0 spiro atoms. The number of piperidine rings is 1. The van der Waals surface area contributed by atoms with Crippen LogP contribution in [0.15, 0.2) is 12.1 Å². The first kappa shape index (κ1) is 16.9. The van der Waals surface area contributed by atoms with E-state index in [4.69, 9.17) is 0 Å². The second kappa shape index (κ2) is 5.57. The summed E-state index contributed by atoms with van der Waals surface area (Å²) in [5.74, 6) is -3.69. The number of alkyl halides is 3. The molecular weight excluding hydrogens is 345 g/mol. The van der Waals surface area contributed by atoms with E-state index in [0.717, 1.165) is 4.90 Å². The number of rotatable bonds is 2. The molecule has 1 aromatic carbocycles. The van der Waals surface area contributed by atoms with Crippen LogP contribution < -0.4 is 5.32 Å². The van der Waals surface area contributed by atoms with Gasteiger partial charge in [0.1, 0.15) is 6.04 Å². The van der Waals surface area contributed by atoms with Crippen molar-refractivity contribution in [3.05, 3.63) is 34.4 Å². The molecule has 2 N–H and O–H groups in total. The first-order valence-corrected chi connectivity index (χ1v) is 7.21. The zero-order chi connectivity index (χ0) is 18.5. The van der Waals surface area contributed by atoms with Crippen LogP contribution in [0.4, 0.5) is 13.2 Å². The number of carboxylic acids is 1. The Morgan fingerprint density at radius 1 is 1.24 bits per heavy atom. The lowest BCUT2D eigenvalue weighted by Crippen LogP contribution is -2.52. The molecule has 3 rings (SSSR count). The van der Waals surface area contributed by atoms with E-state index in [2.05, 4.69) is 5.32 Å².